The molecule has 1 aliphatic heterocycles. The van der Waals surface area contributed by atoms with Gasteiger partial charge in [-0.2, -0.15) is 0 Å². The highest BCUT2D eigenvalue weighted by Crippen LogP contribution is 2.48. The van der Waals surface area contributed by atoms with Gasteiger partial charge in [0.2, 0.25) is 6.54 Å². The summed E-state index contributed by atoms with van der Waals surface area (Å²) in [6.07, 6.45) is 5.69. The van der Waals surface area contributed by atoms with Crippen molar-refractivity contribution in [2.45, 2.75) is 70.3 Å². The average Bonchev–Trinajstić information content (AvgIpc) is 2.89. The number of benzene rings is 2. The van der Waals surface area contributed by atoms with Crippen LogP contribution >= 0.6 is 23.2 Å². The van der Waals surface area contributed by atoms with E-state index < -0.39 is 11.3 Å². The number of rotatable bonds is 8. The molecule has 3 atom stereocenters. The molecular formula is C29H36Cl2N2O4. The number of halogens is 2. The van der Waals surface area contributed by atoms with Crippen LogP contribution in [0.5, 0.6) is 0 Å². The summed E-state index contributed by atoms with van der Waals surface area (Å²) in [6, 6.07) is 14.3. The number of nitrogens with zero attached hydrogens (tertiary/aromatic N) is 2. The van der Waals surface area contributed by atoms with Crippen LogP contribution in [0, 0.1) is 22.5 Å². The second-order valence-electron chi connectivity index (χ2n) is 10.5. The van der Waals surface area contributed by atoms with E-state index in [1.165, 1.54) is 24.0 Å². The van der Waals surface area contributed by atoms with Gasteiger partial charge < -0.3 is 4.74 Å². The molecule has 1 saturated carbocycles. The van der Waals surface area contributed by atoms with Crippen molar-refractivity contribution in [3.05, 3.63) is 79.3 Å². The molecule has 1 saturated heterocycles. The number of nitro groups is 1. The molecule has 0 aromatic heterocycles. The van der Waals surface area contributed by atoms with Crippen LogP contribution in [0.25, 0.3) is 0 Å². The van der Waals surface area contributed by atoms with Crippen LogP contribution in [0.4, 0.5) is 0 Å². The lowest BCUT2D eigenvalue weighted by molar-refractivity contribution is -0.486. The van der Waals surface area contributed by atoms with Crippen molar-refractivity contribution in [3.63, 3.8) is 0 Å². The zero-order chi connectivity index (χ0) is 26.6. The maximum Gasteiger partial charge on any atom is 0.313 e. The predicted molar refractivity (Wildman–Crippen MR) is 147 cm³/mol. The number of carbonyl (C=O) groups excluding carboxylic acids is 1. The average molecular weight is 548 g/mol. The zero-order valence-corrected chi connectivity index (χ0v) is 23.1. The Kier molecular flexibility index (Phi) is 9.15. The Morgan fingerprint density at radius 1 is 1.11 bits per heavy atom. The third kappa shape index (κ3) is 6.13. The Morgan fingerprint density at radius 2 is 1.78 bits per heavy atom. The molecule has 2 aromatic carbocycles. The molecule has 1 heterocycles. The Labute approximate surface area is 229 Å². The molecule has 0 amide bonds. The Morgan fingerprint density at radius 3 is 2.41 bits per heavy atom. The molecule has 1 aliphatic carbocycles. The topological polar surface area (TPSA) is 72.7 Å². The highest BCUT2D eigenvalue weighted by Gasteiger charge is 2.52. The normalized spacial score (nSPS) is 22.8. The monoisotopic (exact) mass is 546 g/mol. The Balaban J connectivity index is 1.63. The van der Waals surface area contributed by atoms with Crippen molar-refractivity contribution in [1.29, 1.82) is 0 Å². The largest absolute Gasteiger partial charge is 0.466 e. The summed E-state index contributed by atoms with van der Waals surface area (Å²) in [5.41, 5.74) is 2.29. The first kappa shape index (κ1) is 27.9. The summed E-state index contributed by atoms with van der Waals surface area (Å²) in [5.74, 6) is -0.557. The van der Waals surface area contributed by atoms with E-state index in [4.69, 9.17) is 27.9 Å². The maximum atomic E-state index is 13.5. The van der Waals surface area contributed by atoms with Crippen LogP contribution in [0.15, 0.2) is 42.5 Å². The van der Waals surface area contributed by atoms with Gasteiger partial charge in [0.05, 0.1) is 28.0 Å². The summed E-state index contributed by atoms with van der Waals surface area (Å²) in [7, 11) is 0. The Hall–Kier alpha value is -2.15. The SMILES string of the molecule is CCOC(=O)C1(C(C[N+](=O)[O-])c2ccc(Cl)c(Cl)c2)CCN([C@@H]2CCCC[C@@H]2c2ccc(C)cc2)CC1. The van der Waals surface area contributed by atoms with Crippen molar-refractivity contribution in [3.8, 4) is 0 Å². The highest BCUT2D eigenvalue weighted by atomic mass is 35.5. The van der Waals surface area contributed by atoms with E-state index in [1.807, 2.05) is 0 Å². The lowest BCUT2D eigenvalue weighted by atomic mass is 9.65. The van der Waals surface area contributed by atoms with Crippen LogP contribution < -0.4 is 0 Å². The van der Waals surface area contributed by atoms with Gasteiger partial charge in [0.1, 0.15) is 0 Å². The number of esters is 1. The molecule has 2 fully saturated rings. The molecule has 0 N–H and O–H groups in total. The third-order valence-electron chi connectivity index (χ3n) is 8.42. The maximum absolute atomic E-state index is 13.5. The molecule has 0 bridgehead atoms. The molecule has 1 unspecified atom stereocenters. The molecule has 2 aliphatic rings. The van der Waals surface area contributed by atoms with E-state index in [0.29, 0.717) is 53.5 Å². The number of aryl methyl sites for hydroxylation is 1. The van der Waals surface area contributed by atoms with Crippen LogP contribution in [0.1, 0.15) is 74.0 Å². The zero-order valence-electron chi connectivity index (χ0n) is 21.6. The van der Waals surface area contributed by atoms with Crippen molar-refractivity contribution < 1.29 is 14.5 Å². The van der Waals surface area contributed by atoms with Gasteiger partial charge in [-0.25, -0.2) is 0 Å². The first-order chi connectivity index (χ1) is 17.7. The number of piperidine rings is 1. The van der Waals surface area contributed by atoms with E-state index in [1.54, 1.807) is 25.1 Å². The first-order valence-corrected chi connectivity index (χ1v) is 14.1. The number of hydrogen-bond acceptors (Lipinski definition) is 5. The van der Waals surface area contributed by atoms with E-state index in [2.05, 4.69) is 36.1 Å². The van der Waals surface area contributed by atoms with Gasteiger partial charge in [-0.3, -0.25) is 19.8 Å². The fourth-order valence-electron chi connectivity index (χ4n) is 6.45. The van der Waals surface area contributed by atoms with Gasteiger partial charge in [0.25, 0.3) is 0 Å². The molecule has 2 aromatic rings. The molecule has 37 heavy (non-hydrogen) atoms. The molecule has 8 heteroatoms. The summed E-state index contributed by atoms with van der Waals surface area (Å²) < 4.78 is 5.57. The second-order valence-corrected chi connectivity index (χ2v) is 11.3. The van der Waals surface area contributed by atoms with Crippen molar-refractivity contribution in [2.75, 3.05) is 26.2 Å². The van der Waals surface area contributed by atoms with Gasteiger partial charge >= 0.3 is 5.97 Å². The van der Waals surface area contributed by atoms with Crippen molar-refractivity contribution in [1.82, 2.24) is 4.90 Å². The van der Waals surface area contributed by atoms with Crippen LogP contribution in [-0.2, 0) is 9.53 Å². The summed E-state index contributed by atoms with van der Waals surface area (Å²) in [5, 5.41) is 12.5. The molecule has 4 rings (SSSR count). The molecule has 0 spiro atoms. The summed E-state index contributed by atoms with van der Waals surface area (Å²) >= 11 is 12.4. The smallest absolute Gasteiger partial charge is 0.313 e. The van der Waals surface area contributed by atoms with E-state index in [-0.39, 0.29) is 24.0 Å². The molecule has 200 valence electrons. The number of likely N-dealkylation sites (tertiary alicyclic amines) is 1. The Bertz CT molecular complexity index is 1100. The van der Waals surface area contributed by atoms with Crippen molar-refractivity contribution >= 4 is 29.2 Å². The standard InChI is InChI=1S/C29H36Cl2N2O4/c1-3-37-28(34)29(24(19-33(35)36)22-12-13-25(30)26(31)18-22)14-16-32(17-15-29)27-7-5-4-6-23(27)21-10-8-20(2)9-11-21/h8-13,18,23-24,27H,3-7,14-17,19H2,1-2H3/t23-,24?,27-/m1/s1. The van der Waals surface area contributed by atoms with Gasteiger partial charge in [0.15, 0.2) is 0 Å². The van der Waals surface area contributed by atoms with Gasteiger partial charge in [0, 0.05) is 11.0 Å². The van der Waals surface area contributed by atoms with Crippen LogP contribution in [-0.4, -0.2) is 48.1 Å². The molecular weight excluding hydrogens is 511 g/mol. The van der Waals surface area contributed by atoms with Gasteiger partial charge in [-0.05, 0) is 81.8 Å². The first-order valence-electron chi connectivity index (χ1n) is 13.3. The fourth-order valence-corrected chi connectivity index (χ4v) is 6.76. The minimum Gasteiger partial charge on any atom is -0.466 e. The summed E-state index contributed by atoms with van der Waals surface area (Å²) in [6.45, 7) is 5.14. The fraction of sp³-hybridized carbons (Fsp3) is 0.552. The lowest BCUT2D eigenvalue weighted by Crippen LogP contribution is -2.53. The number of ether oxygens (including phenoxy) is 1. The van der Waals surface area contributed by atoms with E-state index in [9.17, 15) is 14.9 Å². The van der Waals surface area contributed by atoms with E-state index >= 15 is 0 Å². The molecule has 0 radical (unpaired) electrons. The summed E-state index contributed by atoms with van der Waals surface area (Å²) in [4.78, 5) is 27.5. The quantitative estimate of drug-likeness (QED) is 0.202. The number of carbonyl (C=O) groups is 1. The third-order valence-corrected chi connectivity index (χ3v) is 9.16. The van der Waals surface area contributed by atoms with Crippen molar-refractivity contribution in [2.24, 2.45) is 5.41 Å². The second kappa shape index (κ2) is 12.1. The van der Waals surface area contributed by atoms with Gasteiger partial charge in [-0.1, -0.05) is 71.9 Å². The minimum absolute atomic E-state index is 0.231. The minimum atomic E-state index is -0.995. The molecule has 6 nitrogen and oxygen atoms in total. The predicted octanol–water partition coefficient (Wildman–Crippen LogP) is 7.03. The van der Waals surface area contributed by atoms with Gasteiger partial charge in [-0.15, -0.1) is 0 Å². The lowest BCUT2D eigenvalue weighted by Gasteiger charge is -2.48. The highest BCUT2D eigenvalue weighted by molar-refractivity contribution is 6.42. The number of hydrogen-bond donors (Lipinski definition) is 0. The van der Waals surface area contributed by atoms with E-state index in [0.717, 1.165) is 12.8 Å². The van der Waals surface area contributed by atoms with Crippen LogP contribution in [0.3, 0.4) is 0 Å². The van der Waals surface area contributed by atoms with Crippen LogP contribution in [0.2, 0.25) is 10.0 Å².